The number of ether oxygens (including phenoxy) is 2. The highest BCUT2D eigenvalue weighted by Crippen LogP contribution is 2.32. The van der Waals surface area contributed by atoms with Gasteiger partial charge >= 0.3 is 0 Å². The molecule has 2 aliphatic heterocycles. The van der Waals surface area contributed by atoms with Crippen LogP contribution in [0.5, 0.6) is 0 Å². The Morgan fingerprint density at radius 2 is 1.79 bits per heavy atom. The zero-order chi connectivity index (χ0) is 32.9. The Morgan fingerprint density at radius 3 is 2.47 bits per heavy atom. The predicted molar refractivity (Wildman–Crippen MR) is 179 cm³/mol. The van der Waals surface area contributed by atoms with Crippen molar-refractivity contribution in [1.82, 2.24) is 19.2 Å². The van der Waals surface area contributed by atoms with Gasteiger partial charge in [0.2, 0.25) is 5.78 Å². The molecule has 47 heavy (non-hydrogen) atoms. The number of ketones is 1. The summed E-state index contributed by atoms with van der Waals surface area (Å²) in [6.07, 6.45) is 2.38. The topological polar surface area (TPSA) is 86.0 Å². The molecule has 0 aliphatic carbocycles. The third-order valence-corrected chi connectivity index (χ3v) is 9.42. The lowest BCUT2D eigenvalue weighted by molar-refractivity contribution is -0.147. The number of benzene rings is 2. The van der Waals surface area contributed by atoms with Gasteiger partial charge in [-0.15, -0.1) is 0 Å². The number of hydrogen-bond acceptors (Lipinski definition) is 9. The predicted octanol–water partition coefficient (Wildman–Crippen LogP) is 6.28. The molecule has 0 amide bonds. The first-order chi connectivity index (χ1) is 22.8. The summed E-state index contributed by atoms with van der Waals surface area (Å²) in [5, 5.41) is 0.461. The molecule has 4 heterocycles. The van der Waals surface area contributed by atoms with E-state index >= 15 is 4.39 Å². The molecule has 2 aliphatic rings. The number of H-pyrrole nitrogens is 1. The molecule has 4 aromatic rings. The fourth-order valence-corrected chi connectivity index (χ4v) is 6.82. The highest BCUT2D eigenvalue weighted by atomic mass is 32.2. The summed E-state index contributed by atoms with van der Waals surface area (Å²) in [7, 11) is 0. The Morgan fingerprint density at radius 1 is 1.04 bits per heavy atom. The van der Waals surface area contributed by atoms with E-state index in [0.29, 0.717) is 37.2 Å². The van der Waals surface area contributed by atoms with E-state index in [-0.39, 0.29) is 24.1 Å². The summed E-state index contributed by atoms with van der Waals surface area (Å²) in [5.41, 5.74) is 2.61. The number of fused-ring (bicyclic) bond motifs is 1. The Bertz CT molecular complexity index is 1680. The quantitative estimate of drug-likeness (QED) is 0.0972. The number of nitrogens with zero attached hydrogens (tertiary/aromatic N) is 4. The van der Waals surface area contributed by atoms with E-state index in [1.807, 2.05) is 32.0 Å². The fraction of sp³-hybridized carbons (Fsp3) is 0.412. The van der Waals surface area contributed by atoms with Crippen molar-refractivity contribution in [3.63, 3.8) is 0 Å². The molecule has 2 fully saturated rings. The van der Waals surface area contributed by atoms with Crippen LogP contribution in [0.15, 0.2) is 54.9 Å². The Hall–Kier alpha value is -3.62. The maximum absolute atomic E-state index is 15.5. The maximum Gasteiger partial charge on any atom is 0.201 e. The van der Waals surface area contributed by atoms with Crippen LogP contribution in [-0.2, 0) is 9.47 Å². The number of carbonyl (C=O) groups excluding carboxylic acids is 1. The summed E-state index contributed by atoms with van der Waals surface area (Å²) >= 11 is 1.04. The van der Waals surface area contributed by atoms with E-state index in [0.717, 1.165) is 67.7 Å². The molecule has 6 rings (SSSR count). The normalized spacial score (nSPS) is 17.7. The molecule has 1 atom stereocenters. The van der Waals surface area contributed by atoms with Gasteiger partial charge in [-0.1, -0.05) is 12.1 Å². The lowest BCUT2D eigenvalue weighted by Crippen LogP contribution is -2.49. The fourth-order valence-electron chi connectivity index (χ4n) is 6.00. The van der Waals surface area contributed by atoms with Crippen molar-refractivity contribution in [3.05, 3.63) is 77.6 Å². The summed E-state index contributed by atoms with van der Waals surface area (Å²) in [4.78, 5) is 25.7. The van der Waals surface area contributed by atoms with Crippen molar-refractivity contribution in [2.75, 3.05) is 68.6 Å². The first kappa shape index (κ1) is 33.3. The number of piperazine rings is 1. The highest BCUT2D eigenvalue weighted by molar-refractivity contribution is 7.98. The largest absolute Gasteiger partial charge is 0.369 e. The number of alkyl halides is 1. The van der Waals surface area contributed by atoms with Crippen LogP contribution < -0.4 is 9.62 Å². The van der Waals surface area contributed by atoms with Crippen molar-refractivity contribution in [3.8, 4) is 11.1 Å². The van der Waals surface area contributed by atoms with Crippen molar-refractivity contribution in [2.45, 2.75) is 32.7 Å². The smallest absolute Gasteiger partial charge is 0.201 e. The zero-order valence-corrected chi connectivity index (χ0v) is 27.3. The lowest BCUT2D eigenvalue weighted by atomic mass is 9.99. The van der Waals surface area contributed by atoms with Crippen molar-refractivity contribution in [1.29, 1.82) is 0 Å². The van der Waals surface area contributed by atoms with Gasteiger partial charge < -0.3 is 24.1 Å². The first-order valence-corrected chi connectivity index (χ1v) is 16.7. The van der Waals surface area contributed by atoms with Crippen molar-refractivity contribution < 1.29 is 27.4 Å². The first-order valence-electron chi connectivity index (χ1n) is 16.0. The minimum Gasteiger partial charge on any atom is -0.369 e. The second-order valence-electron chi connectivity index (χ2n) is 11.6. The molecule has 0 spiro atoms. The summed E-state index contributed by atoms with van der Waals surface area (Å²) in [6.45, 7) is 10.2. The Balaban J connectivity index is 1.15. The van der Waals surface area contributed by atoms with Gasteiger partial charge in [-0.05, 0) is 56.2 Å². The number of hydrogen-bond donors (Lipinski definition) is 2. The van der Waals surface area contributed by atoms with E-state index in [1.54, 1.807) is 10.5 Å². The summed E-state index contributed by atoms with van der Waals surface area (Å²) in [6, 6.07) is 12.3. The number of carbonyl (C=O) groups is 1. The van der Waals surface area contributed by atoms with E-state index in [2.05, 4.69) is 36.6 Å². The molecule has 2 saturated heterocycles. The van der Waals surface area contributed by atoms with Gasteiger partial charge in [0.1, 0.15) is 17.6 Å². The van der Waals surface area contributed by atoms with Crippen LogP contribution in [0.4, 0.5) is 24.5 Å². The molecule has 250 valence electrons. The van der Waals surface area contributed by atoms with Gasteiger partial charge in [0.25, 0.3) is 0 Å². The van der Waals surface area contributed by atoms with Crippen LogP contribution >= 0.6 is 12.1 Å². The van der Waals surface area contributed by atoms with Gasteiger partial charge in [0, 0.05) is 106 Å². The van der Waals surface area contributed by atoms with Crippen molar-refractivity contribution >= 4 is 40.3 Å². The van der Waals surface area contributed by atoms with E-state index in [9.17, 15) is 13.6 Å². The van der Waals surface area contributed by atoms with Gasteiger partial charge in [-0.3, -0.25) is 9.69 Å². The second kappa shape index (κ2) is 15.1. The molecular weight excluding hydrogens is 629 g/mol. The van der Waals surface area contributed by atoms with Crippen LogP contribution in [0.1, 0.15) is 36.2 Å². The second-order valence-corrected chi connectivity index (χ2v) is 12.5. The monoisotopic (exact) mass is 668 g/mol. The summed E-state index contributed by atoms with van der Waals surface area (Å²) < 4.78 is 59.9. The molecule has 13 heteroatoms. The average molecular weight is 669 g/mol. The van der Waals surface area contributed by atoms with Gasteiger partial charge in [0.15, 0.2) is 12.1 Å². The third kappa shape index (κ3) is 7.60. The number of aromatic nitrogens is 2. The Kier molecular flexibility index (Phi) is 10.7. The number of nitrogens with one attached hydrogen (secondary N) is 2. The highest BCUT2D eigenvalue weighted by Gasteiger charge is 2.27. The van der Waals surface area contributed by atoms with E-state index in [4.69, 9.17) is 9.47 Å². The molecule has 0 bridgehead atoms. The Labute approximate surface area is 276 Å². The minimum atomic E-state index is -1.00. The molecule has 2 aromatic heterocycles. The third-order valence-electron chi connectivity index (χ3n) is 8.52. The van der Waals surface area contributed by atoms with Crippen LogP contribution in [0.3, 0.4) is 0 Å². The summed E-state index contributed by atoms with van der Waals surface area (Å²) in [5.74, 6) is -2.77. The van der Waals surface area contributed by atoms with E-state index < -0.39 is 29.2 Å². The number of halogens is 3. The molecule has 9 nitrogen and oxygen atoms in total. The van der Waals surface area contributed by atoms with Gasteiger partial charge in [-0.2, -0.15) is 0 Å². The maximum atomic E-state index is 15.5. The molecule has 2 aromatic carbocycles. The number of aromatic amines is 1. The van der Waals surface area contributed by atoms with Crippen molar-refractivity contribution in [2.24, 2.45) is 0 Å². The lowest BCUT2D eigenvalue weighted by Gasteiger charge is -2.37. The van der Waals surface area contributed by atoms with Gasteiger partial charge in [0.05, 0.1) is 11.3 Å². The zero-order valence-electron chi connectivity index (χ0n) is 26.5. The number of pyridine rings is 1. The number of anilines is 2. The van der Waals surface area contributed by atoms with Crippen LogP contribution in [0.2, 0.25) is 0 Å². The average Bonchev–Trinajstić information content (AvgIpc) is 3.70. The van der Waals surface area contributed by atoms with Gasteiger partial charge in [-0.25, -0.2) is 22.5 Å². The minimum absolute atomic E-state index is 0.0533. The van der Waals surface area contributed by atoms with Crippen LogP contribution in [0, 0.1) is 11.6 Å². The van der Waals surface area contributed by atoms with Crippen LogP contribution in [0.25, 0.3) is 22.2 Å². The van der Waals surface area contributed by atoms with E-state index in [1.165, 1.54) is 12.3 Å². The molecular formula is C34H39F3N6O3S. The molecule has 1 unspecified atom stereocenters. The standard InChI is InChI=1S/C34H39F3N6O3S/c1-3-45-30(46-4-2)21-41-13-15-42(16-14-41)25-7-5-22(6-8-25)23-17-26-27(19-39-34(26)38-18-23)33(44)31-28(36)9-10-29(32(31)37)40-47-43-12-11-24(35)20-43/h5-10,17-19,24,30,40H,3-4,11-16,20-21H2,1-2H3,(H,38,39). The number of rotatable bonds is 13. The SMILES string of the molecule is CCOC(CN1CCN(c2ccc(-c3cnc4[nH]cc(C(=O)c5c(F)ccc(NSN6CCC(F)C6)c5F)c4c3)cc2)CC1)OCC. The molecule has 2 N–H and O–H groups in total. The van der Waals surface area contributed by atoms with Crippen LogP contribution in [-0.4, -0.2) is 96.4 Å². The molecule has 0 saturated carbocycles. The molecule has 0 radical (unpaired) electrons.